The van der Waals surface area contributed by atoms with Gasteiger partial charge in [0.2, 0.25) is 0 Å². The summed E-state index contributed by atoms with van der Waals surface area (Å²) in [5, 5.41) is 0. The van der Waals surface area contributed by atoms with E-state index in [1.807, 2.05) is 0 Å². The third-order valence-corrected chi connectivity index (χ3v) is 6.59. The van der Waals surface area contributed by atoms with Gasteiger partial charge in [0, 0.05) is 0 Å². The van der Waals surface area contributed by atoms with Crippen LogP contribution in [0.5, 0.6) is 0 Å². The van der Waals surface area contributed by atoms with E-state index in [2.05, 4.69) is 34.6 Å². The summed E-state index contributed by atoms with van der Waals surface area (Å²) in [5.74, 6) is 0.959. The van der Waals surface area contributed by atoms with Crippen LogP contribution in [0.15, 0.2) is 0 Å². The predicted octanol–water partition coefficient (Wildman–Crippen LogP) is 10.1. The van der Waals surface area contributed by atoms with Crippen molar-refractivity contribution in [3.63, 3.8) is 0 Å². The largest absolute Gasteiger partial charge is 0.0654 e. The van der Waals surface area contributed by atoms with Crippen molar-refractivity contribution in [3.05, 3.63) is 0 Å². The van der Waals surface area contributed by atoms with Gasteiger partial charge in [-0.15, -0.1) is 0 Å². The van der Waals surface area contributed by atoms with Crippen LogP contribution >= 0.6 is 0 Å². The van der Waals surface area contributed by atoms with E-state index >= 15 is 0 Å². The molecule has 0 saturated carbocycles. The van der Waals surface area contributed by atoms with Gasteiger partial charge in [-0.2, -0.15) is 0 Å². The first-order chi connectivity index (χ1) is 12.6. The van der Waals surface area contributed by atoms with Crippen LogP contribution in [-0.4, -0.2) is 0 Å². The second kappa shape index (κ2) is 18.4. The molecule has 0 heterocycles. The number of hydrogen-bond donors (Lipinski definition) is 0. The van der Waals surface area contributed by atoms with E-state index in [-0.39, 0.29) is 0 Å². The van der Waals surface area contributed by atoms with Gasteiger partial charge in [0.1, 0.15) is 0 Å². The molecule has 0 saturated heterocycles. The molecule has 0 atom stereocenters. The summed E-state index contributed by atoms with van der Waals surface area (Å²) in [6.07, 6.45) is 27.4. The van der Waals surface area contributed by atoms with Gasteiger partial charge < -0.3 is 0 Å². The molecule has 0 nitrogen and oxygen atoms in total. The molecule has 0 aliphatic carbocycles. The van der Waals surface area contributed by atoms with E-state index in [4.69, 9.17) is 0 Å². The summed E-state index contributed by atoms with van der Waals surface area (Å²) in [6, 6.07) is 0. The lowest BCUT2D eigenvalue weighted by molar-refractivity contribution is 0.158. The van der Waals surface area contributed by atoms with E-state index in [0.717, 1.165) is 5.92 Å². The Labute approximate surface area is 168 Å². The molecule has 0 rings (SSSR count). The van der Waals surface area contributed by atoms with E-state index < -0.39 is 0 Å². The summed E-state index contributed by atoms with van der Waals surface area (Å²) in [7, 11) is 0. The molecule has 0 aliphatic rings. The fraction of sp³-hybridized carbons (Fsp3) is 1.00. The molecule has 0 aromatic carbocycles. The average molecular weight is 367 g/mol. The van der Waals surface area contributed by atoms with Crippen molar-refractivity contribution >= 4 is 0 Å². The highest BCUT2D eigenvalue weighted by molar-refractivity contribution is 4.79. The predicted molar refractivity (Wildman–Crippen MR) is 122 cm³/mol. The van der Waals surface area contributed by atoms with Crippen molar-refractivity contribution in [2.75, 3.05) is 0 Å². The van der Waals surface area contributed by atoms with Gasteiger partial charge in [0.25, 0.3) is 0 Å². The Hall–Kier alpha value is 0. The van der Waals surface area contributed by atoms with Crippen LogP contribution < -0.4 is 0 Å². The van der Waals surface area contributed by atoms with Crippen molar-refractivity contribution in [2.45, 2.75) is 157 Å². The normalized spacial score (nSPS) is 12.2. The minimum Gasteiger partial charge on any atom is -0.0654 e. The SMILES string of the molecule is CCCCCCCCCCC(C)(C)C(CCCCCC)CCCCCC. The third-order valence-electron chi connectivity index (χ3n) is 6.59. The Kier molecular flexibility index (Phi) is 18.4. The molecular weight excluding hydrogens is 312 g/mol. The average Bonchev–Trinajstić information content (AvgIpc) is 2.62. The van der Waals surface area contributed by atoms with Gasteiger partial charge in [-0.05, 0) is 30.6 Å². The van der Waals surface area contributed by atoms with Gasteiger partial charge in [-0.1, -0.05) is 137 Å². The first-order valence-electron chi connectivity index (χ1n) is 12.6. The maximum Gasteiger partial charge on any atom is -0.0326 e. The Morgan fingerprint density at radius 2 is 0.808 bits per heavy atom. The number of rotatable bonds is 20. The first-order valence-corrected chi connectivity index (χ1v) is 12.6. The van der Waals surface area contributed by atoms with E-state index in [1.54, 1.807) is 0 Å². The summed E-state index contributed by atoms with van der Waals surface area (Å²) in [5.41, 5.74) is 0.556. The lowest BCUT2D eigenvalue weighted by Crippen LogP contribution is -2.24. The molecule has 0 fully saturated rings. The van der Waals surface area contributed by atoms with Gasteiger partial charge >= 0.3 is 0 Å². The van der Waals surface area contributed by atoms with Crippen LogP contribution in [0.2, 0.25) is 0 Å². The minimum absolute atomic E-state index is 0.556. The van der Waals surface area contributed by atoms with Crippen molar-refractivity contribution < 1.29 is 0 Å². The van der Waals surface area contributed by atoms with Gasteiger partial charge in [0.15, 0.2) is 0 Å². The Morgan fingerprint density at radius 1 is 0.462 bits per heavy atom. The highest BCUT2D eigenvalue weighted by Crippen LogP contribution is 2.39. The van der Waals surface area contributed by atoms with Crippen LogP contribution in [0.3, 0.4) is 0 Å². The van der Waals surface area contributed by atoms with E-state index in [1.165, 1.54) is 122 Å². The third kappa shape index (κ3) is 15.1. The fourth-order valence-electron chi connectivity index (χ4n) is 4.48. The lowest BCUT2D eigenvalue weighted by Gasteiger charge is -2.35. The van der Waals surface area contributed by atoms with Crippen molar-refractivity contribution in [3.8, 4) is 0 Å². The Bertz CT molecular complexity index is 253. The second-order valence-electron chi connectivity index (χ2n) is 9.61. The van der Waals surface area contributed by atoms with E-state index in [9.17, 15) is 0 Å². The molecule has 0 aliphatic heterocycles. The molecule has 0 N–H and O–H groups in total. The first kappa shape index (κ1) is 26.0. The molecule has 0 amide bonds. The second-order valence-corrected chi connectivity index (χ2v) is 9.61. The molecule has 0 aromatic rings. The zero-order valence-corrected chi connectivity index (χ0v) is 19.5. The topological polar surface area (TPSA) is 0 Å². The molecule has 158 valence electrons. The monoisotopic (exact) mass is 366 g/mol. The fourth-order valence-corrected chi connectivity index (χ4v) is 4.48. The van der Waals surface area contributed by atoms with Gasteiger partial charge in [-0.25, -0.2) is 0 Å². The molecule has 0 spiro atoms. The molecule has 0 radical (unpaired) electrons. The van der Waals surface area contributed by atoms with Crippen LogP contribution in [0.1, 0.15) is 157 Å². The van der Waals surface area contributed by atoms with Crippen molar-refractivity contribution in [2.24, 2.45) is 11.3 Å². The van der Waals surface area contributed by atoms with Crippen LogP contribution in [-0.2, 0) is 0 Å². The zero-order valence-electron chi connectivity index (χ0n) is 19.5. The maximum atomic E-state index is 2.58. The summed E-state index contributed by atoms with van der Waals surface area (Å²) >= 11 is 0. The summed E-state index contributed by atoms with van der Waals surface area (Å²) < 4.78 is 0. The van der Waals surface area contributed by atoms with Crippen LogP contribution in [0.25, 0.3) is 0 Å². The lowest BCUT2D eigenvalue weighted by atomic mass is 9.70. The van der Waals surface area contributed by atoms with Crippen molar-refractivity contribution in [1.29, 1.82) is 0 Å². The Morgan fingerprint density at radius 3 is 1.23 bits per heavy atom. The van der Waals surface area contributed by atoms with Gasteiger partial charge in [0.05, 0.1) is 0 Å². The molecule has 0 heteroatoms. The minimum atomic E-state index is 0.556. The van der Waals surface area contributed by atoms with Crippen LogP contribution in [0.4, 0.5) is 0 Å². The van der Waals surface area contributed by atoms with Gasteiger partial charge in [-0.3, -0.25) is 0 Å². The number of unbranched alkanes of at least 4 members (excludes halogenated alkanes) is 13. The quantitative estimate of drug-likeness (QED) is 0.188. The smallest absolute Gasteiger partial charge is 0.0326 e. The number of hydrogen-bond acceptors (Lipinski definition) is 0. The van der Waals surface area contributed by atoms with Crippen molar-refractivity contribution in [1.82, 2.24) is 0 Å². The maximum absolute atomic E-state index is 2.58. The molecule has 0 aromatic heterocycles. The zero-order chi connectivity index (χ0) is 19.5. The summed E-state index contributed by atoms with van der Waals surface area (Å²) in [6.45, 7) is 12.1. The molecule has 0 bridgehead atoms. The summed E-state index contributed by atoms with van der Waals surface area (Å²) in [4.78, 5) is 0. The molecule has 0 unspecified atom stereocenters. The highest BCUT2D eigenvalue weighted by atomic mass is 14.3. The molecular formula is C26H54. The molecule has 26 heavy (non-hydrogen) atoms. The van der Waals surface area contributed by atoms with Crippen LogP contribution in [0, 0.1) is 11.3 Å². The standard InChI is InChI=1S/C26H54/c1-6-9-12-15-16-17-18-21-24-26(4,5)25(22-19-13-10-7-2)23-20-14-11-8-3/h25H,6-24H2,1-5H3. The highest BCUT2D eigenvalue weighted by Gasteiger charge is 2.27. The Balaban J connectivity index is 4.11. The van der Waals surface area contributed by atoms with E-state index in [0.29, 0.717) is 5.41 Å².